The average molecular weight is 191 g/mol. The highest BCUT2D eigenvalue weighted by atomic mass is 14.9. The minimum Gasteiger partial charge on any atom is -0.313 e. The van der Waals surface area contributed by atoms with Crippen molar-refractivity contribution in [3.63, 3.8) is 0 Å². The normalized spacial score (nSPS) is 42.8. The fourth-order valence-corrected chi connectivity index (χ4v) is 3.35. The lowest BCUT2D eigenvalue weighted by atomic mass is 9.70. The number of hydrogen-bond acceptors (Lipinski definition) is 1. The number of rotatable bonds is 3. The Morgan fingerprint density at radius 3 is 2.64 bits per heavy atom. The Balaban J connectivity index is 1.51. The molecule has 0 aromatic carbocycles. The first-order chi connectivity index (χ1) is 6.75. The van der Waals surface area contributed by atoms with Gasteiger partial charge in [0, 0.05) is 12.6 Å². The van der Waals surface area contributed by atoms with Crippen LogP contribution in [-0.4, -0.2) is 12.6 Å². The molecule has 3 aliphatic carbocycles. The highest BCUT2D eigenvalue weighted by molar-refractivity contribution is 5.12. The Morgan fingerprint density at radius 1 is 1.29 bits per heavy atom. The summed E-state index contributed by atoms with van der Waals surface area (Å²) in [6, 6.07) is 0.808. The van der Waals surface area contributed by atoms with Gasteiger partial charge in [-0.3, -0.25) is 0 Å². The van der Waals surface area contributed by atoms with Crippen molar-refractivity contribution < 1.29 is 0 Å². The van der Waals surface area contributed by atoms with E-state index >= 15 is 0 Å². The molecule has 2 bridgehead atoms. The average Bonchev–Trinajstić information content (AvgIpc) is 2.72. The summed E-state index contributed by atoms with van der Waals surface area (Å²) in [6.07, 6.45) is 12.0. The van der Waals surface area contributed by atoms with E-state index < -0.39 is 0 Å². The van der Waals surface area contributed by atoms with Crippen molar-refractivity contribution in [1.29, 1.82) is 0 Å². The molecule has 0 heterocycles. The lowest BCUT2D eigenvalue weighted by molar-refractivity contribution is 0.148. The van der Waals surface area contributed by atoms with E-state index in [1.807, 2.05) is 0 Å². The van der Waals surface area contributed by atoms with Gasteiger partial charge >= 0.3 is 0 Å². The largest absolute Gasteiger partial charge is 0.313 e. The second kappa shape index (κ2) is 3.10. The molecule has 0 spiro atoms. The Bertz CT molecular complexity index is 252. The standard InChI is InChI=1S/C13H21N/c1-13(5-2-6-13)9-14-12-8-10-3-4-11(12)7-10/h3-4,10-12,14H,2,5-9H2,1H3/t10-,11+,12?/m1/s1. The van der Waals surface area contributed by atoms with Crippen LogP contribution in [0.1, 0.15) is 39.0 Å². The van der Waals surface area contributed by atoms with Gasteiger partial charge < -0.3 is 5.32 Å². The molecule has 0 aromatic rings. The zero-order valence-corrected chi connectivity index (χ0v) is 9.13. The van der Waals surface area contributed by atoms with Crippen LogP contribution in [-0.2, 0) is 0 Å². The van der Waals surface area contributed by atoms with Gasteiger partial charge in [-0.15, -0.1) is 0 Å². The highest BCUT2D eigenvalue weighted by Gasteiger charge is 2.38. The van der Waals surface area contributed by atoms with Gasteiger partial charge in [-0.1, -0.05) is 25.5 Å². The third-order valence-electron chi connectivity index (χ3n) is 4.63. The molecule has 0 radical (unpaired) electrons. The van der Waals surface area contributed by atoms with E-state index in [1.165, 1.54) is 38.6 Å². The minimum atomic E-state index is 0.644. The summed E-state index contributed by atoms with van der Waals surface area (Å²) < 4.78 is 0. The maximum atomic E-state index is 3.80. The van der Waals surface area contributed by atoms with Gasteiger partial charge in [-0.05, 0) is 42.9 Å². The zero-order chi connectivity index (χ0) is 9.60. The van der Waals surface area contributed by atoms with E-state index in [1.54, 1.807) is 0 Å². The monoisotopic (exact) mass is 191 g/mol. The van der Waals surface area contributed by atoms with Crippen molar-refractivity contribution in [3.05, 3.63) is 12.2 Å². The number of fused-ring (bicyclic) bond motifs is 2. The van der Waals surface area contributed by atoms with Gasteiger partial charge in [0.25, 0.3) is 0 Å². The lowest BCUT2D eigenvalue weighted by Crippen LogP contribution is -2.43. The Labute approximate surface area is 87.0 Å². The van der Waals surface area contributed by atoms with Gasteiger partial charge in [-0.25, -0.2) is 0 Å². The molecular formula is C13H21N. The maximum absolute atomic E-state index is 3.80. The van der Waals surface area contributed by atoms with Crippen LogP contribution in [0.4, 0.5) is 0 Å². The number of hydrogen-bond donors (Lipinski definition) is 1. The fraction of sp³-hybridized carbons (Fsp3) is 0.846. The van der Waals surface area contributed by atoms with E-state index in [-0.39, 0.29) is 0 Å². The van der Waals surface area contributed by atoms with E-state index in [0.717, 1.165) is 17.9 Å². The van der Waals surface area contributed by atoms with E-state index in [2.05, 4.69) is 24.4 Å². The van der Waals surface area contributed by atoms with Crippen molar-refractivity contribution in [3.8, 4) is 0 Å². The molecular weight excluding hydrogens is 170 g/mol. The van der Waals surface area contributed by atoms with Crippen molar-refractivity contribution in [1.82, 2.24) is 5.32 Å². The molecule has 0 amide bonds. The summed E-state index contributed by atoms with van der Waals surface area (Å²) in [5, 5.41) is 3.80. The summed E-state index contributed by atoms with van der Waals surface area (Å²) in [5.74, 6) is 1.77. The quantitative estimate of drug-likeness (QED) is 0.676. The summed E-state index contributed by atoms with van der Waals surface area (Å²) in [5.41, 5.74) is 0.644. The third kappa shape index (κ3) is 1.42. The van der Waals surface area contributed by atoms with Crippen LogP contribution < -0.4 is 5.32 Å². The summed E-state index contributed by atoms with van der Waals surface area (Å²) in [4.78, 5) is 0. The second-order valence-electron chi connectivity index (χ2n) is 5.93. The first-order valence-electron chi connectivity index (χ1n) is 6.17. The molecule has 3 aliphatic rings. The zero-order valence-electron chi connectivity index (χ0n) is 9.13. The van der Waals surface area contributed by atoms with Crippen LogP contribution in [0, 0.1) is 17.3 Å². The molecule has 0 aromatic heterocycles. The maximum Gasteiger partial charge on any atom is 0.0136 e. The van der Waals surface area contributed by atoms with Crippen molar-refractivity contribution in [2.75, 3.05) is 6.54 Å². The van der Waals surface area contributed by atoms with Crippen LogP contribution in [0.15, 0.2) is 12.2 Å². The summed E-state index contributed by atoms with van der Waals surface area (Å²) in [6.45, 7) is 3.70. The van der Waals surface area contributed by atoms with Crippen LogP contribution >= 0.6 is 0 Å². The molecule has 0 aliphatic heterocycles. The van der Waals surface area contributed by atoms with Crippen LogP contribution in [0.25, 0.3) is 0 Å². The Hall–Kier alpha value is -0.300. The first-order valence-corrected chi connectivity index (χ1v) is 6.17. The molecule has 2 fully saturated rings. The van der Waals surface area contributed by atoms with Crippen molar-refractivity contribution >= 4 is 0 Å². The fourth-order valence-electron chi connectivity index (χ4n) is 3.35. The van der Waals surface area contributed by atoms with Crippen LogP contribution in [0.3, 0.4) is 0 Å². The van der Waals surface area contributed by atoms with E-state index in [0.29, 0.717) is 5.41 Å². The predicted octanol–water partition coefficient (Wildman–Crippen LogP) is 2.73. The highest BCUT2D eigenvalue weighted by Crippen LogP contribution is 2.42. The van der Waals surface area contributed by atoms with Gasteiger partial charge in [0.1, 0.15) is 0 Å². The van der Waals surface area contributed by atoms with Crippen LogP contribution in [0.5, 0.6) is 0 Å². The molecule has 1 heteroatoms. The molecule has 3 atom stereocenters. The third-order valence-corrected chi connectivity index (χ3v) is 4.63. The summed E-state index contributed by atoms with van der Waals surface area (Å²) >= 11 is 0. The first kappa shape index (κ1) is 8.96. The number of nitrogens with one attached hydrogen (secondary N) is 1. The smallest absolute Gasteiger partial charge is 0.0136 e. The molecule has 1 N–H and O–H groups in total. The molecule has 2 saturated carbocycles. The van der Waals surface area contributed by atoms with Crippen molar-refractivity contribution in [2.24, 2.45) is 17.3 Å². The topological polar surface area (TPSA) is 12.0 Å². The van der Waals surface area contributed by atoms with Crippen LogP contribution in [0.2, 0.25) is 0 Å². The Kier molecular flexibility index (Phi) is 1.98. The number of allylic oxidation sites excluding steroid dienone is 1. The van der Waals surface area contributed by atoms with E-state index in [4.69, 9.17) is 0 Å². The molecule has 1 nitrogen and oxygen atoms in total. The van der Waals surface area contributed by atoms with Gasteiger partial charge in [0.2, 0.25) is 0 Å². The molecule has 1 unspecified atom stereocenters. The second-order valence-corrected chi connectivity index (χ2v) is 5.93. The molecule has 0 saturated heterocycles. The lowest BCUT2D eigenvalue weighted by Gasteiger charge is -2.40. The minimum absolute atomic E-state index is 0.644. The van der Waals surface area contributed by atoms with Gasteiger partial charge in [-0.2, -0.15) is 0 Å². The SMILES string of the molecule is CC1(CNC2C[C@@H]3C=C[C@H]2C3)CCC1. The van der Waals surface area contributed by atoms with Crippen molar-refractivity contribution in [2.45, 2.75) is 45.1 Å². The predicted molar refractivity (Wildman–Crippen MR) is 59.1 cm³/mol. The Morgan fingerprint density at radius 2 is 2.14 bits per heavy atom. The molecule has 3 rings (SSSR count). The van der Waals surface area contributed by atoms with Gasteiger partial charge in [0.15, 0.2) is 0 Å². The van der Waals surface area contributed by atoms with E-state index in [9.17, 15) is 0 Å². The van der Waals surface area contributed by atoms with Gasteiger partial charge in [0.05, 0.1) is 0 Å². The molecule has 78 valence electrons. The summed E-state index contributed by atoms with van der Waals surface area (Å²) in [7, 11) is 0. The molecule has 14 heavy (non-hydrogen) atoms.